The Kier molecular flexibility index (Phi) is 8.09. The highest BCUT2D eigenvalue weighted by molar-refractivity contribution is 5.85. The third-order valence-electron chi connectivity index (χ3n) is 3.05. The van der Waals surface area contributed by atoms with E-state index in [0.717, 1.165) is 26.2 Å². The molecule has 2 rings (SSSR count). The average molecular weight is 313 g/mol. The van der Waals surface area contributed by atoms with E-state index in [1.54, 1.807) is 0 Å². The Morgan fingerprint density at radius 1 is 1.11 bits per heavy atom. The van der Waals surface area contributed by atoms with Crippen LogP contribution in [0.2, 0.25) is 0 Å². The van der Waals surface area contributed by atoms with Gasteiger partial charge in [0.15, 0.2) is 0 Å². The minimum absolute atomic E-state index is 0. The number of halogens is 3. The molecule has 1 saturated heterocycles. The summed E-state index contributed by atoms with van der Waals surface area (Å²) in [6.45, 7) is 2.68. The lowest BCUT2D eigenvalue weighted by Gasteiger charge is -2.33. The van der Waals surface area contributed by atoms with Crippen LogP contribution in [0.1, 0.15) is 11.6 Å². The predicted octanol–water partition coefficient (Wildman–Crippen LogP) is 1.86. The molecule has 1 aliphatic heterocycles. The van der Waals surface area contributed by atoms with Gasteiger partial charge in [-0.15, -0.1) is 24.8 Å². The van der Waals surface area contributed by atoms with Crippen molar-refractivity contribution in [3.05, 3.63) is 23.8 Å². The average Bonchev–Trinajstić information content (AvgIpc) is 2.30. The molecular formula is C12H19Cl2FN2O2. The number of aromatic hydroxyl groups is 2. The van der Waals surface area contributed by atoms with Gasteiger partial charge in [-0.25, -0.2) is 4.39 Å². The van der Waals surface area contributed by atoms with Crippen molar-refractivity contribution < 1.29 is 14.6 Å². The Bertz CT molecular complexity index is 370. The molecule has 1 atom stereocenters. The summed E-state index contributed by atoms with van der Waals surface area (Å²) < 4.78 is 13.2. The molecule has 0 saturated carbocycles. The van der Waals surface area contributed by atoms with Crippen LogP contribution >= 0.6 is 24.8 Å². The normalized spacial score (nSPS) is 17.1. The molecule has 0 bridgehead atoms. The second kappa shape index (κ2) is 8.43. The van der Waals surface area contributed by atoms with Gasteiger partial charge < -0.3 is 15.5 Å². The Labute approximate surface area is 124 Å². The first-order chi connectivity index (χ1) is 8.20. The molecular weight excluding hydrogens is 294 g/mol. The minimum Gasteiger partial charge on any atom is -0.508 e. The summed E-state index contributed by atoms with van der Waals surface area (Å²) in [6, 6.07) is 3.87. The van der Waals surface area contributed by atoms with Crippen LogP contribution in [0.5, 0.6) is 11.5 Å². The third kappa shape index (κ3) is 4.69. The van der Waals surface area contributed by atoms with Gasteiger partial charge in [-0.05, 0) is 17.7 Å². The monoisotopic (exact) mass is 312 g/mol. The molecule has 1 aromatic carbocycles. The number of nitrogens with zero attached hydrogens (tertiary/aromatic N) is 1. The Morgan fingerprint density at radius 2 is 1.63 bits per heavy atom. The van der Waals surface area contributed by atoms with Gasteiger partial charge in [-0.2, -0.15) is 0 Å². The van der Waals surface area contributed by atoms with Crippen LogP contribution < -0.4 is 5.32 Å². The largest absolute Gasteiger partial charge is 0.508 e. The number of alkyl halides is 1. The molecule has 7 heteroatoms. The minimum atomic E-state index is -0.525. The number of phenolic OH excluding ortho intramolecular Hbond substituents is 2. The first kappa shape index (κ1) is 18.2. The summed E-state index contributed by atoms with van der Waals surface area (Å²) in [4.78, 5) is 2.02. The highest BCUT2D eigenvalue weighted by Gasteiger charge is 2.22. The predicted molar refractivity (Wildman–Crippen MR) is 77.4 cm³/mol. The lowest BCUT2D eigenvalue weighted by Crippen LogP contribution is -2.45. The third-order valence-corrected chi connectivity index (χ3v) is 3.05. The number of hydrogen-bond acceptors (Lipinski definition) is 4. The van der Waals surface area contributed by atoms with E-state index in [9.17, 15) is 14.6 Å². The molecule has 0 amide bonds. The van der Waals surface area contributed by atoms with E-state index in [1.165, 1.54) is 18.2 Å². The molecule has 0 spiro atoms. The first-order valence-corrected chi connectivity index (χ1v) is 5.74. The van der Waals surface area contributed by atoms with Crippen LogP contribution in [-0.2, 0) is 0 Å². The molecule has 0 aliphatic carbocycles. The highest BCUT2D eigenvalue weighted by Crippen LogP contribution is 2.28. The topological polar surface area (TPSA) is 55.7 Å². The van der Waals surface area contributed by atoms with Gasteiger partial charge in [-0.3, -0.25) is 4.90 Å². The van der Waals surface area contributed by atoms with Crippen LogP contribution in [0.25, 0.3) is 0 Å². The molecule has 0 unspecified atom stereocenters. The fourth-order valence-corrected chi connectivity index (χ4v) is 2.20. The summed E-state index contributed by atoms with van der Waals surface area (Å²) >= 11 is 0. The van der Waals surface area contributed by atoms with E-state index >= 15 is 0 Å². The summed E-state index contributed by atoms with van der Waals surface area (Å²) in [7, 11) is 0. The number of phenols is 2. The maximum atomic E-state index is 13.2. The van der Waals surface area contributed by atoms with Crippen LogP contribution in [-0.4, -0.2) is 48.0 Å². The zero-order valence-corrected chi connectivity index (χ0v) is 12.0. The maximum absolute atomic E-state index is 13.2. The SMILES string of the molecule is Cl.Cl.Oc1cc(O)cc([C@@H](CF)N2CCNCC2)c1. The molecule has 1 fully saturated rings. The van der Waals surface area contributed by atoms with Crippen molar-refractivity contribution >= 4 is 24.8 Å². The van der Waals surface area contributed by atoms with Crippen LogP contribution in [0.4, 0.5) is 4.39 Å². The summed E-state index contributed by atoms with van der Waals surface area (Å²) in [6.07, 6.45) is 0. The Morgan fingerprint density at radius 3 is 2.11 bits per heavy atom. The molecule has 110 valence electrons. The van der Waals surface area contributed by atoms with E-state index in [2.05, 4.69) is 5.32 Å². The van der Waals surface area contributed by atoms with Gasteiger partial charge in [0.1, 0.15) is 18.2 Å². The van der Waals surface area contributed by atoms with Crippen LogP contribution in [0, 0.1) is 0 Å². The smallest absolute Gasteiger partial charge is 0.119 e. The van der Waals surface area contributed by atoms with Crippen molar-refractivity contribution in [2.45, 2.75) is 6.04 Å². The summed E-state index contributed by atoms with van der Waals surface area (Å²) in [5.74, 6) is -0.0674. The molecule has 0 radical (unpaired) electrons. The fourth-order valence-electron chi connectivity index (χ4n) is 2.20. The standard InChI is InChI=1S/C12H17FN2O2.2ClH/c13-8-12(15-3-1-14-2-4-15)9-5-10(16)7-11(17)6-9;;/h5-7,12,14,16-17H,1-4,8H2;2*1H/t12-;;/m1../s1. The number of hydrogen-bond donors (Lipinski definition) is 3. The zero-order valence-electron chi connectivity index (χ0n) is 10.4. The van der Waals surface area contributed by atoms with Gasteiger partial charge >= 0.3 is 0 Å². The molecule has 19 heavy (non-hydrogen) atoms. The number of benzene rings is 1. The quantitative estimate of drug-likeness (QED) is 0.797. The van der Waals surface area contributed by atoms with Gasteiger partial charge in [0.2, 0.25) is 0 Å². The van der Waals surface area contributed by atoms with Crippen molar-refractivity contribution in [2.24, 2.45) is 0 Å². The second-order valence-corrected chi connectivity index (χ2v) is 4.24. The maximum Gasteiger partial charge on any atom is 0.119 e. The van der Waals surface area contributed by atoms with Crippen LogP contribution in [0.15, 0.2) is 18.2 Å². The van der Waals surface area contributed by atoms with E-state index in [0.29, 0.717) is 5.56 Å². The fraction of sp³-hybridized carbons (Fsp3) is 0.500. The number of rotatable bonds is 3. The molecule has 1 aliphatic rings. The van der Waals surface area contributed by atoms with E-state index < -0.39 is 12.7 Å². The first-order valence-electron chi connectivity index (χ1n) is 5.74. The summed E-state index contributed by atoms with van der Waals surface area (Å²) in [5.41, 5.74) is 0.618. The molecule has 1 heterocycles. The van der Waals surface area contributed by atoms with E-state index in [1.807, 2.05) is 4.90 Å². The number of nitrogens with one attached hydrogen (secondary N) is 1. The molecule has 4 nitrogen and oxygen atoms in total. The van der Waals surface area contributed by atoms with Gasteiger partial charge in [-0.1, -0.05) is 0 Å². The van der Waals surface area contributed by atoms with Crippen molar-refractivity contribution in [2.75, 3.05) is 32.9 Å². The lowest BCUT2D eigenvalue weighted by molar-refractivity contribution is 0.147. The molecule has 3 N–H and O–H groups in total. The Balaban J connectivity index is 0.00000162. The van der Waals surface area contributed by atoms with E-state index in [-0.39, 0.29) is 36.3 Å². The van der Waals surface area contributed by atoms with Crippen molar-refractivity contribution in [3.63, 3.8) is 0 Å². The van der Waals surface area contributed by atoms with Crippen molar-refractivity contribution in [3.8, 4) is 11.5 Å². The van der Waals surface area contributed by atoms with Crippen molar-refractivity contribution in [1.82, 2.24) is 10.2 Å². The van der Waals surface area contributed by atoms with Crippen LogP contribution in [0.3, 0.4) is 0 Å². The zero-order chi connectivity index (χ0) is 12.3. The second-order valence-electron chi connectivity index (χ2n) is 4.24. The van der Waals surface area contributed by atoms with Gasteiger partial charge in [0.05, 0.1) is 6.04 Å². The highest BCUT2D eigenvalue weighted by atomic mass is 35.5. The van der Waals surface area contributed by atoms with Gasteiger partial charge in [0.25, 0.3) is 0 Å². The van der Waals surface area contributed by atoms with Gasteiger partial charge in [0, 0.05) is 32.2 Å². The molecule has 0 aromatic heterocycles. The molecule has 1 aromatic rings. The van der Waals surface area contributed by atoms with E-state index in [4.69, 9.17) is 0 Å². The Hall–Kier alpha value is -0.750. The summed E-state index contributed by atoms with van der Waals surface area (Å²) in [5, 5.41) is 22.1. The van der Waals surface area contributed by atoms with Crippen molar-refractivity contribution in [1.29, 1.82) is 0 Å². The number of piperazine rings is 1. The lowest BCUT2D eigenvalue weighted by atomic mass is 10.0.